The van der Waals surface area contributed by atoms with Gasteiger partial charge < -0.3 is 10.5 Å². The lowest BCUT2D eigenvalue weighted by atomic mass is 10.1. The molecule has 0 aliphatic rings. The minimum absolute atomic E-state index is 0.00898. The van der Waals surface area contributed by atoms with E-state index >= 15 is 0 Å². The Morgan fingerprint density at radius 3 is 2.73 bits per heavy atom. The summed E-state index contributed by atoms with van der Waals surface area (Å²) in [5, 5.41) is 0.838. The van der Waals surface area contributed by atoms with Gasteiger partial charge >= 0.3 is 6.18 Å². The number of alkyl halides is 3. The van der Waals surface area contributed by atoms with Gasteiger partial charge in [0.2, 0.25) is 5.88 Å². The van der Waals surface area contributed by atoms with E-state index in [0.29, 0.717) is 21.2 Å². The van der Waals surface area contributed by atoms with Crippen LogP contribution in [0.15, 0.2) is 48.8 Å². The van der Waals surface area contributed by atoms with Crippen molar-refractivity contribution in [2.45, 2.75) is 12.8 Å². The van der Waals surface area contributed by atoms with Gasteiger partial charge in [-0.2, -0.15) is 18.2 Å². The van der Waals surface area contributed by atoms with Crippen molar-refractivity contribution in [1.29, 1.82) is 0 Å². The number of imidazole rings is 1. The van der Waals surface area contributed by atoms with E-state index < -0.39 is 24.3 Å². The molecule has 0 radical (unpaired) electrons. The summed E-state index contributed by atoms with van der Waals surface area (Å²) in [7, 11) is 0. The number of amides is 1. The molecule has 1 amide bonds. The molecule has 0 bridgehead atoms. The lowest BCUT2D eigenvalue weighted by Gasteiger charge is -2.12. The zero-order chi connectivity index (χ0) is 21.5. The van der Waals surface area contributed by atoms with Crippen molar-refractivity contribution in [3.8, 4) is 11.0 Å². The third kappa shape index (κ3) is 3.83. The standard InChI is InChI=1S/C19H12ClF3N4O2S/c20-11-5-6-14-13(7-11)25-9-27(14)18-26-17(15(30-18)16(24)28)29-8-10-3-1-2-4-12(10)19(21,22)23/h1-7,9H,8H2,(H2,24,28). The third-order valence-electron chi connectivity index (χ3n) is 4.21. The van der Waals surface area contributed by atoms with E-state index in [0.717, 1.165) is 17.4 Å². The second kappa shape index (κ2) is 7.62. The zero-order valence-electron chi connectivity index (χ0n) is 15.0. The Labute approximate surface area is 176 Å². The van der Waals surface area contributed by atoms with Crippen LogP contribution >= 0.6 is 22.9 Å². The van der Waals surface area contributed by atoms with Crippen molar-refractivity contribution >= 4 is 39.9 Å². The first-order valence-corrected chi connectivity index (χ1v) is 9.65. The van der Waals surface area contributed by atoms with Gasteiger partial charge in [-0.1, -0.05) is 41.1 Å². The third-order valence-corrected chi connectivity index (χ3v) is 5.50. The smallest absolute Gasteiger partial charge is 0.416 e. The van der Waals surface area contributed by atoms with E-state index in [-0.39, 0.29) is 16.3 Å². The predicted octanol–water partition coefficient (Wildman–Crippen LogP) is 4.83. The Bertz CT molecular complexity index is 1250. The average molecular weight is 453 g/mol. The van der Waals surface area contributed by atoms with Gasteiger partial charge in [0.1, 0.15) is 12.9 Å². The zero-order valence-corrected chi connectivity index (χ0v) is 16.6. The van der Waals surface area contributed by atoms with Crippen LogP contribution in [0.1, 0.15) is 20.8 Å². The van der Waals surface area contributed by atoms with E-state index in [2.05, 4.69) is 9.97 Å². The highest BCUT2D eigenvalue weighted by atomic mass is 35.5. The number of halogens is 4. The van der Waals surface area contributed by atoms with Gasteiger partial charge in [-0.05, 0) is 24.3 Å². The molecular formula is C19H12ClF3N4O2S. The number of benzene rings is 2. The molecule has 2 heterocycles. The molecule has 4 aromatic rings. The number of carbonyl (C=O) groups is 1. The maximum Gasteiger partial charge on any atom is 0.416 e. The highest BCUT2D eigenvalue weighted by molar-refractivity contribution is 7.16. The summed E-state index contributed by atoms with van der Waals surface area (Å²) in [6, 6.07) is 10.1. The van der Waals surface area contributed by atoms with Crippen LogP contribution in [0.4, 0.5) is 13.2 Å². The van der Waals surface area contributed by atoms with Crippen LogP contribution in [0, 0.1) is 0 Å². The maximum atomic E-state index is 13.2. The van der Waals surface area contributed by atoms with Crippen molar-refractivity contribution < 1.29 is 22.7 Å². The minimum atomic E-state index is -4.53. The monoisotopic (exact) mass is 452 g/mol. The molecule has 6 nitrogen and oxygen atoms in total. The Morgan fingerprint density at radius 1 is 1.23 bits per heavy atom. The number of thiazole rings is 1. The largest absolute Gasteiger partial charge is 0.472 e. The Balaban J connectivity index is 1.68. The topological polar surface area (TPSA) is 83.0 Å². The molecule has 0 saturated carbocycles. The molecule has 11 heteroatoms. The SMILES string of the molecule is NC(=O)c1sc(-n2cnc3cc(Cl)ccc32)nc1OCc1ccccc1C(F)(F)F. The second-order valence-corrected chi connectivity index (χ2v) is 7.60. The summed E-state index contributed by atoms with van der Waals surface area (Å²) in [6.45, 7) is -0.431. The molecule has 0 atom stereocenters. The van der Waals surface area contributed by atoms with E-state index in [4.69, 9.17) is 22.1 Å². The Morgan fingerprint density at radius 2 is 2.00 bits per heavy atom. The van der Waals surface area contributed by atoms with Crippen LogP contribution in [0.5, 0.6) is 5.88 Å². The van der Waals surface area contributed by atoms with Crippen molar-refractivity contribution in [2.75, 3.05) is 0 Å². The number of hydrogen-bond acceptors (Lipinski definition) is 5. The maximum absolute atomic E-state index is 13.2. The van der Waals surface area contributed by atoms with Crippen LogP contribution in [0.3, 0.4) is 0 Å². The molecular weight excluding hydrogens is 441 g/mol. The van der Waals surface area contributed by atoms with Crippen molar-refractivity contribution in [3.05, 3.63) is 69.8 Å². The van der Waals surface area contributed by atoms with E-state index in [1.807, 2.05) is 0 Å². The van der Waals surface area contributed by atoms with E-state index in [1.165, 1.54) is 24.5 Å². The number of carbonyl (C=O) groups excluding carboxylic acids is 1. The number of rotatable bonds is 5. The number of ether oxygens (including phenoxy) is 1. The highest BCUT2D eigenvalue weighted by Gasteiger charge is 2.33. The molecule has 2 aromatic carbocycles. The Kier molecular flexibility index (Phi) is 5.12. The summed E-state index contributed by atoms with van der Waals surface area (Å²) in [5.41, 5.74) is 5.79. The normalized spacial score (nSPS) is 11.7. The van der Waals surface area contributed by atoms with Crippen LogP contribution in [-0.2, 0) is 12.8 Å². The fraction of sp³-hybridized carbons (Fsp3) is 0.105. The van der Waals surface area contributed by atoms with Gasteiger partial charge in [0, 0.05) is 10.6 Å². The Hall–Kier alpha value is -3.11. The lowest BCUT2D eigenvalue weighted by Crippen LogP contribution is -2.13. The van der Waals surface area contributed by atoms with Gasteiger partial charge in [-0.25, -0.2) is 4.98 Å². The highest BCUT2D eigenvalue weighted by Crippen LogP contribution is 2.34. The molecule has 4 rings (SSSR count). The van der Waals surface area contributed by atoms with E-state index in [1.54, 1.807) is 22.8 Å². The lowest BCUT2D eigenvalue weighted by molar-refractivity contribution is -0.138. The molecule has 0 fully saturated rings. The fourth-order valence-corrected chi connectivity index (χ4v) is 3.87. The molecule has 2 aromatic heterocycles. The molecule has 0 spiro atoms. The molecule has 0 unspecified atom stereocenters. The summed E-state index contributed by atoms with van der Waals surface area (Å²) < 4.78 is 46.6. The minimum Gasteiger partial charge on any atom is -0.472 e. The summed E-state index contributed by atoms with van der Waals surface area (Å²) in [6.07, 6.45) is -3.04. The number of aromatic nitrogens is 3. The second-order valence-electron chi connectivity index (χ2n) is 6.19. The van der Waals surface area contributed by atoms with E-state index in [9.17, 15) is 18.0 Å². The van der Waals surface area contributed by atoms with Gasteiger partial charge in [0.05, 0.1) is 16.6 Å². The quantitative estimate of drug-likeness (QED) is 0.470. The average Bonchev–Trinajstić information content (AvgIpc) is 3.29. The molecule has 0 aliphatic carbocycles. The first-order chi connectivity index (χ1) is 14.2. The van der Waals surface area contributed by atoms with Crippen LogP contribution < -0.4 is 10.5 Å². The van der Waals surface area contributed by atoms with Gasteiger partial charge in [-0.3, -0.25) is 9.36 Å². The fourth-order valence-electron chi connectivity index (χ4n) is 2.86. The number of primary amides is 1. The number of fused-ring (bicyclic) bond motifs is 1. The van der Waals surface area contributed by atoms with Gasteiger partial charge in [-0.15, -0.1) is 0 Å². The first-order valence-electron chi connectivity index (χ1n) is 8.45. The number of nitrogens with zero attached hydrogens (tertiary/aromatic N) is 3. The summed E-state index contributed by atoms with van der Waals surface area (Å²) in [5.74, 6) is -0.944. The van der Waals surface area contributed by atoms with Crippen LogP contribution in [-0.4, -0.2) is 20.4 Å². The summed E-state index contributed by atoms with van der Waals surface area (Å²) >= 11 is 6.91. The molecule has 2 N–H and O–H groups in total. The predicted molar refractivity (Wildman–Crippen MR) is 106 cm³/mol. The molecule has 30 heavy (non-hydrogen) atoms. The van der Waals surface area contributed by atoms with Crippen molar-refractivity contribution in [3.63, 3.8) is 0 Å². The van der Waals surface area contributed by atoms with Gasteiger partial charge in [0.25, 0.3) is 5.91 Å². The van der Waals surface area contributed by atoms with Crippen LogP contribution in [0.2, 0.25) is 5.02 Å². The van der Waals surface area contributed by atoms with Crippen molar-refractivity contribution in [2.24, 2.45) is 5.73 Å². The number of nitrogens with two attached hydrogens (primary N) is 1. The number of hydrogen-bond donors (Lipinski definition) is 1. The van der Waals surface area contributed by atoms with Gasteiger partial charge in [0.15, 0.2) is 10.0 Å². The summed E-state index contributed by atoms with van der Waals surface area (Å²) in [4.78, 5) is 20.3. The molecule has 0 aliphatic heterocycles. The first kappa shape index (κ1) is 20.2. The van der Waals surface area contributed by atoms with Crippen LogP contribution in [0.25, 0.3) is 16.2 Å². The van der Waals surface area contributed by atoms with Crippen molar-refractivity contribution in [1.82, 2.24) is 14.5 Å². The molecule has 154 valence electrons. The molecule has 0 saturated heterocycles.